The number of hydrogen-bond donors (Lipinski definition) is 2. The maximum atomic E-state index is 10.5. The summed E-state index contributed by atoms with van der Waals surface area (Å²) in [5.74, 6) is 0. The Hall–Kier alpha value is -1.97. The van der Waals surface area contributed by atoms with Crippen LogP contribution in [-0.2, 0) is 6.42 Å². The van der Waals surface area contributed by atoms with E-state index in [0.29, 0.717) is 6.42 Å². The number of rotatable bonds is 3. The van der Waals surface area contributed by atoms with Crippen LogP contribution in [0, 0.1) is 0 Å². The Kier molecular flexibility index (Phi) is 2.81. The summed E-state index contributed by atoms with van der Waals surface area (Å²) < 4.78 is 2.03. The van der Waals surface area contributed by atoms with Gasteiger partial charge in [-0.25, -0.2) is 4.79 Å². The Balaban J connectivity index is 2.18. The maximum Gasteiger partial charge on any atom is 0.404 e. The molecule has 0 fully saturated rings. The highest BCUT2D eigenvalue weighted by molar-refractivity contribution is 5.65. The largest absolute Gasteiger partial charge is 0.465 e. The van der Waals surface area contributed by atoms with E-state index in [9.17, 15) is 4.79 Å². The van der Waals surface area contributed by atoms with Crippen LogP contribution in [0.25, 0.3) is 5.52 Å². The lowest BCUT2D eigenvalue weighted by Crippen LogP contribution is -2.32. The fourth-order valence-electron chi connectivity index (χ4n) is 1.88. The Morgan fingerprint density at radius 2 is 2.25 bits per heavy atom. The SMILES string of the molecule is CC(Cc1ccn2ccccc12)NC(=O)O. The molecule has 2 rings (SSSR count). The molecule has 0 aliphatic rings. The van der Waals surface area contributed by atoms with Gasteiger partial charge in [0, 0.05) is 24.0 Å². The van der Waals surface area contributed by atoms with Crippen molar-refractivity contribution in [2.45, 2.75) is 19.4 Å². The summed E-state index contributed by atoms with van der Waals surface area (Å²) in [5, 5.41) is 11.1. The number of aromatic nitrogens is 1. The summed E-state index contributed by atoms with van der Waals surface area (Å²) >= 11 is 0. The third-order valence-electron chi connectivity index (χ3n) is 2.55. The third-order valence-corrected chi connectivity index (χ3v) is 2.55. The Labute approximate surface area is 93.5 Å². The molecule has 1 unspecified atom stereocenters. The van der Waals surface area contributed by atoms with Gasteiger partial charge < -0.3 is 14.8 Å². The average Bonchev–Trinajstić information content (AvgIpc) is 2.61. The van der Waals surface area contributed by atoms with Crippen molar-refractivity contribution in [1.82, 2.24) is 9.72 Å². The molecule has 0 aromatic carbocycles. The van der Waals surface area contributed by atoms with E-state index in [1.165, 1.54) is 0 Å². The van der Waals surface area contributed by atoms with Gasteiger partial charge in [-0.3, -0.25) is 0 Å². The molecule has 2 N–H and O–H groups in total. The summed E-state index contributed by atoms with van der Waals surface area (Å²) in [4.78, 5) is 10.5. The second kappa shape index (κ2) is 4.26. The standard InChI is InChI=1S/C12H14N2O2/c1-9(13-12(15)16)8-10-5-7-14-6-3-2-4-11(10)14/h2-7,9,13H,8H2,1H3,(H,15,16). The zero-order chi connectivity index (χ0) is 11.5. The van der Waals surface area contributed by atoms with E-state index in [1.807, 2.05) is 48.0 Å². The van der Waals surface area contributed by atoms with Crippen LogP contribution in [0.4, 0.5) is 4.79 Å². The highest BCUT2D eigenvalue weighted by Crippen LogP contribution is 2.14. The van der Waals surface area contributed by atoms with Crippen molar-refractivity contribution in [2.75, 3.05) is 0 Å². The van der Waals surface area contributed by atoms with Crippen LogP contribution < -0.4 is 5.32 Å². The molecule has 2 heterocycles. The minimum Gasteiger partial charge on any atom is -0.465 e. The molecule has 4 nitrogen and oxygen atoms in total. The summed E-state index contributed by atoms with van der Waals surface area (Å²) in [6, 6.07) is 7.92. The van der Waals surface area contributed by atoms with Gasteiger partial charge >= 0.3 is 6.09 Å². The van der Waals surface area contributed by atoms with Gasteiger partial charge in [0.15, 0.2) is 0 Å². The van der Waals surface area contributed by atoms with Crippen LogP contribution in [-0.4, -0.2) is 21.6 Å². The predicted molar refractivity (Wildman–Crippen MR) is 61.7 cm³/mol. The lowest BCUT2D eigenvalue weighted by atomic mass is 10.1. The minimum absolute atomic E-state index is 0.0797. The van der Waals surface area contributed by atoms with Gasteiger partial charge in [-0.1, -0.05) is 6.07 Å². The number of pyridine rings is 1. The second-order valence-corrected chi connectivity index (χ2v) is 3.89. The summed E-state index contributed by atoms with van der Waals surface area (Å²) in [7, 11) is 0. The number of amides is 1. The van der Waals surface area contributed by atoms with Gasteiger partial charge in [0.25, 0.3) is 0 Å². The topological polar surface area (TPSA) is 53.7 Å². The maximum absolute atomic E-state index is 10.5. The Morgan fingerprint density at radius 1 is 1.44 bits per heavy atom. The number of nitrogens with one attached hydrogen (secondary N) is 1. The molecule has 0 aliphatic heterocycles. The minimum atomic E-state index is -0.976. The van der Waals surface area contributed by atoms with Crippen molar-refractivity contribution < 1.29 is 9.90 Å². The smallest absolute Gasteiger partial charge is 0.404 e. The Bertz CT molecular complexity index is 504. The van der Waals surface area contributed by atoms with Crippen LogP contribution in [0.3, 0.4) is 0 Å². The van der Waals surface area contributed by atoms with Crippen molar-refractivity contribution in [3.8, 4) is 0 Å². The molecule has 84 valence electrons. The van der Waals surface area contributed by atoms with Crippen LogP contribution >= 0.6 is 0 Å². The van der Waals surface area contributed by atoms with Crippen LogP contribution in [0.2, 0.25) is 0 Å². The van der Waals surface area contributed by atoms with Crippen molar-refractivity contribution >= 4 is 11.6 Å². The monoisotopic (exact) mass is 218 g/mol. The molecule has 2 aromatic heterocycles. The van der Waals surface area contributed by atoms with Gasteiger partial charge in [0.05, 0.1) is 0 Å². The van der Waals surface area contributed by atoms with E-state index in [2.05, 4.69) is 5.32 Å². The molecule has 4 heteroatoms. The fraction of sp³-hybridized carbons (Fsp3) is 0.250. The molecule has 0 saturated heterocycles. The highest BCUT2D eigenvalue weighted by Gasteiger charge is 2.09. The van der Waals surface area contributed by atoms with Gasteiger partial charge in [-0.05, 0) is 37.1 Å². The number of carboxylic acid groups (broad SMARTS) is 1. The van der Waals surface area contributed by atoms with E-state index < -0.39 is 6.09 Å². The van der Waals surface area contributed by atoms with E-state index >= 15 is 0 Å². The van der Waals surface area contributed by atoms with E-state index in [4.69, 9.17) is 5.11 Å². The second-order valence-electron chi connectivity index (χ2n) is 3.89. The molecule has 1 amide bonds. The summed E-state index contributed by atoms with van der Waals surface area (Å²) in [6.45, 7) is 1.86. The van der Waals surface area contributed by atoms with Gasteiger partial charge in [0.1, 0.15) is 0 Å². The first-order chi connectivity index (χ1) is 7.66. The van der Waals surface area contributed by atoms with Crippen LogP contribution in [0.1, 0.15) is 12.5 Å². The van der Waals surface area contributed by atoms with E-state index in [-0.39, 0.29) is 6.04 Å². The average molecular weight is 218 g/mol. The Morgan fingerprint density at radius 3 is 3.00 bits per heavy atom. The van der Waals surface area contributed by atoms with Crippen molar-refractivity contribution in [3.63, 3.8) is 0 Å². The van der Waals surface area contributed by atoms with Gasteiger partial charge in [0.2, 0.25) is 0 Å². The highest BCUT2D eigenvalue weighted by atomic mass is 16.4. The third kappa shape index (κ3) is 2.16. The van der Waals surface area contributed by atoms with Crippen molar-refractivity contribution in [3.05, 3.63) is 42.2 Å². The molecule has 1 atom stereocenters. The summed E-state index contributed by atoms with van der Waals surface area (Å²) in [5.41, 5.74) is 2.28. The zero-order valence-corrected chi connectivity index (χ0v) is 9.05. The molecule has 0 spiro atoms. The number of hydrogen-bond acceptors (Lipinski definition) is 1. The van der Waals surface area contributed by atoms with E-state index in [0.717, 1.165) is 11.1 Å². The van der Waals surface area contributed by atoms with E-state index in [1.54, 1.807) is 0 Å². The first kappa shape index (κ1) is 10.5. The number of fused-ring (bicyclic) bond motifs is 1. The molecular formula is C12H14N2O2. The van der Waals surface area contributed by atoms with Gasteiger partial charge in [-0.2, -0.15) is 0 Å². The molecule has 0 saturated carbocycles. The predicted octanol–water partition coefficient (Wildman–Crippen LogP) is 2.14. The number of carbonyl (C=O) groups is 1. The first-order valence-corrected chi connectivity index (χ1v) is 5.21. The molecule has 16 heavy (non-hydrogen) atoms. The molecule has 0 bridgehead atoms. The quantitative estimate of drug-likeness (QED) is 0.829. The summed E-state index contributed by atoms with van der Waals surface area (Å²) in [6.07, 6.45) is 3.69. The fourth-order valence-corrected chi connectivity index (χ4v) is 1.88. The first-order valence-electron chi connectivity index (χ1n) is 5.21. The van der Waals surface area contributed by atoms with Crippen LogP contribution in [0.5, 0.6) is 0 Å². The molecular weight excluding hydrogens is 204 g/mol. The van der Waals surface area contributed by atoms with Crippen molar-refractivity contribution in [2.24, 2.45) is 0 Å². The molecule has 2 aromatic rings. The zero-order valence-electron chi connectivity index (χ0n) is 9.05. The van der Waals surface area contributed by atoms with Crippen molar-refractivity contribution in [1.29, 1.82) is 0 Å². The van der Waals surface area contributed by atoms with Crippen LogP contribution in [0.15, 0.2) is 36.7 Å². The van der Waals surface area contributed by atoms with Gasteiger partial charge in [-0.15, -0.1) is 0 Å². The molecule has 0 aliphatic carbocycles. The lowest BCUT2D eigenvalue weighted by Gasteiger charge is -2.10. The number of nitrogens with zero attached hydrogens (tertiary/aromatic N) is 1. The normalized spacial score (nSPS) is 12.6. The molecule has 0 radical (unpaired) electrons. The lowest BCUT2D eigenvalue weighted by molar-refractivity contribution is 0.190.